The molecule has 0 radical (unpaired) electrons. The zero-order chi connectivity index (χ0) is 14.5. The average Bonchev–Trinajstić information content (AvgIpc) is 2.47. The molecule has 1 N–H and O–H groups in total. The lowest BCUT2D eigenvalue weighted by molar-refractivity contribution is 0.518. The minimum absolute atomic E-state index is 0.0607. The van der Waals surface area contributed by atoms with Crippen molar-refractivity contribution in [3.63, 3.8) is 0 Å². The monoisotopic (exact) mass is 286 g/mol. The fraction of sp³-hybridized carbons (Fsp3) is 0.200. The summed E-state index contributed by atoms with van der Waals surface area (Å²) < 4.78 is 5.22. The maximum absolute atomic E-state index is 11.8. The molecule has 5 heteroatoms. The van der Waals surface area contributed by atoms with Crippen LogP contribution in [0.5, 0.6) is 0 Å². The van der Waals surface area contributed by atoms with Crippen LogP contribution in [0.15, 0.2) is 44.4 Å². The van der Waals surface area contributed by atoms with Gasteiger partial charge in [-0.05, 0) is 43.5 Å². The smallest absolute Gasteiger partial charge is 0.355 e. The third-order valence-electron chi connectivity index (χ3n) is 2.80. The molecule has 1 heterocycles. The van der Waals surface area contributed by atoms with Gasteiger partial charge in [0.2, 0.25) is 0 Å². The molecule has 0 bridgehead atoms. The van der Waals surface area contributed by atoms with Crippen molar-refractivity contribution in [2.45, 2.75) is 11.8 Å². The summed E-state index contributed by atoms with van der Waals surface area (Å²) in [6.07, 6.45) is 1.83. The summed E-state index contributed by atoms with van der Waals surface area (Å²) in [6, 6.07) is 11.2. The van der Waals surface area contributed by atoms with Crippen LogP contribution in [0.1, 0.15) is 12.5 Å². The van der Waals surface area contributed by atoms with E-state index in [-0.39, 0.29) is 5.56 Å². The molecular weight excluding hydrogens is 272 g/mol. The summed E-state index contributed by atoms with van der Waals surface area (Å²) in [6.45, 7) is 2.88. The molecule has 0 spiro atoms. The second-order valence-corrected chi connectivity index (χ2v) is 4.91. The Kier molecular flexibility index (Phi) is 4.49. The largest absolute Gasteiger partial charge is 0.422 e. The molecule has 0 saturated carbocycles. The Labute approximate surface area is 121 Å². The van der Waals surface area contributed by atoms with Gasteiger partial charge in [0, 0.05) is 22.7 Å². The third-order valence-corrected chi connectivity index (χ3v) is 3.56. The van der Waals surface area contributed by atoms with Crippen molar-refractivity contribution in [3.05, 3.63) is 46.3 Å². The molecule has 0 aliphatic heterocycles. The zero-order valence-electron chi connectivity index (χ0n) is 11.3. The number of thioether (sulfide) groups is 1. The van der Waals surface area contributed by atoms with Gasteiger partial charge in [0.05, 0.1) is 0 Å². The molecular formula is C15H14N2O2S. The fourth-order valence-corrected chi connectivity index (χ4v) is 2.39. The van der Waals surface area contributed by atoms with Crippen molar-refractivity contribution in [1.82, 2.24) is 0 Å². The number of benzene rings is 1. The standard InChI is InChI=1S/C15H14N2O2S/c1-3-17-11-6-4-10(5-7-11)13-8-14(20-2)12(9-16)15(18)19-13/h4-8,17H,3H2,1-2H3. The first-order valence-corrected chi connectivity index (χ1v) is 7.38. The Balaban J connectivity index is 2.45. The number of nitriles is 1. The number of hydrogen-bond acceptors (Lipinski definition) is 5. The van der Waals surface area contributed by atoms with E-state index in [9.17, 15) is 4.79 Å². The van der Waals surface area contributed by atoms with Gasteiger partial charge in [-0.3, -0.25) is 0 Å². The predicted octanol–water partition coefficient (Wildman–Crippen LogP) is 3.33. The molecule has 0 unspecified atom stereocenters. The van der Waals surface area contributed by atoms with Crippen LogP contribution < -0.4 is 10.9 Å². The van der Waals surface area contributed by atoms with Gasteiger partial charge in [0.1, 0.15) is 11.8 Å². The number of anilines is 1. The summed E-state index contributed by atoms with van der Waals surface area (Å²) in [5, 5.41) is 12.2. The van der Waals surface area contributed by atoms with E-state index >= 15 is 0 Å². The molecule has 2 rings (SSSR count). The van der Waals surface area contributed by atoms with Crippen molar-refractivity contribution >= 4 is 17.4 Å². The lowest BCUT2D eigenvalue weighted by Gasteiger charge is -2.06. The topological polar surface area (TPSA) is 66.0 Å². The molecule has 2 aromatic rings. The molecule has 1 aromatic carbocycles. The van der Waals surface area contributed by atoms with Crippen LogP contribution in [0.4, 0.5) is 5.69 Å². The fourth-order valence-electron chi connectivity index (χ4n) is 1.83. The average molecular weight is 286 g/mol. The minimum atomic E-state index is -0.592. The van der Waals surface area contributed by atoms with Gasteiger partial charge in [-0.15, -0.1) is 11.8 Å². The Morgan fingerprint density at radius 3 is 2.60 bits per heavy atom. The van der Waals surface area contributed by atoms with Crippen molar-refractivity contribution in [2.24, 2.45) is 0 Å². The quantitative estimate of drug-likeness (QED) is 0.873. The van der Waals surface area contributed by atoms with Gasteiger partial charge in [-0.1, -0.05) is 0 Å². The minimum Gasteiger partial charge on any atom is -0.422 e. The molecule has 0 aliphatic carbocycles. The van der Waals surface area contributed by atoms with E-state index in [0.29, 0.717) is 10.7 Å². The third kappa shape index (κ3) is 2.86. The Bertz CT molecular complexity index is 699. The zero-order valence-corrected chi connectivity index (χ0v) is 12.1. The van der Waals surface area contributed by atoms with Crippen LogP contribution in [0.25, 0.3) is 11.3 Å². The van der Waals surface area contributed by atoms with Crippen LogP contribution in [0.3, 0.4) is 0 Å². The molecule has 1 aromatic heterocycles. The number of nitrogens with one attached hydrogen (secondary N) is 1. The molecule has 102 valence electrons. The lowest BCUT2D eigenvalue weighted by atomic mass is 10.1. The van der Waals surface area contributed by atoms with Gasteiger partial charge in [0.15, 0.2) is 5.56 Å². The van der Waals surface area contributed by atoms with Crippen LogP contribution in [0, 0.1) is 11.3 Å². The lowest BCUT2D eigenvalue weighted by Crippen LogP contribution is -2.06. The Morgan fingerprint density at radius 2 is 2.05 bits per heavy atom. The number of nitrogens with zero attached hydrogens (tertiary/aromatic N) is 1. The van der Waals surface area contributed by atoms with Crippen LogP contribution in [-0.4, -0.2) is 12.8 Å². The van der Waals surface area contributed by atoms with Crippen molar-refractivity contribution in [2.75, 3.05) is 18.1 Å². The summed E-state index contributed by atoms with van der Waals surface area (Å²) in [4.78, 5) is 12.4. The van der Waals surface area contributed by atoms with Crippen LogP contribution in [0.2, 0.25) is 0 Å². The maximum atomic E-state index is 11.8. The molecule has 20 heavy (non-hydrogen) atoms. The first-order chi connectivity index (χ1) is 9.69. The molecule has 4 nitrogen and oxygen atoms in total. The molecule has 0 saturated heterocycles. The maximum Gasteiger partial charge on any atom is 0.355 e. The van der Waals surface area contributed by atoms with Gasteiger partial charge in [0.25, 0.3) is 0 Å². The first kappa shape index (κ1) is 14.2. The normalized spacial score (nSPS) is 10.1. The van der Waals surface area contributed by atoms with E-state index in [4.69, 9.17) is 9.68 Å². The first-order valence-electron chi connectivity index (χ1n) is 6.16. The highest BCUT2D eigenvalue weighted by atomic mass is 32.2. The van der Waals surface area contributed by atoms with Crippen molar-refractivity contribution in [1.29, 1.82) is 5.26 Å². The van der Waals surface area contributed by atoms with E-state index in [1.54, 1.807) is 6.07 Å². The van der Waals surface area contributed by atoms with Crippen molar-refractivity contribution in [3.8, 4) is 17.4 Å². The highest BCUT2D eigenvalue weighted by Crippen LogP contribution is 2.26. The van der Waals surface area contributed by atoms with E-state index in [2.05, 4.69) is 5.32 Å². The number of rotatable bonds is 4. The summed E-state index contributed by atoms with van der Waals surface area (Å²) in [7, 11) is 0. The molecule has 0 amide bonds. The molecule has 0 atom stereocenters. The highest BCUT2D eigenvalue weighted by Gasteiger charge is 2.12. The Morgan fingerprint density at radius 1 is 1.35 bits per heavy atom. The molecule has 0 aliphatic rings. The van der Waals surface area contributed by atoms with Gasteiger partial charge in [-0.25, -0.2) is 4.79 Å². The van der Waals surface area contributed by atoms with E-state index in [1.165, 1.54) is 11.8 Å². The van der Waals surface area contributed by atoms with Gasteiger partial charge >= 0.3 is 5.63 Å². The second kappa shape index (κ2) is 6.31. The van der Waals surface area contributed by atoms with E-state index in [1.807, 2.05) is 43.5 Å². The predicted molar refractivity (Wildman–Crippen MR) is 81.1 cm³/mol. The molecule has 0 fully saturated rings. The van der Waals surface area contributed by atoms with E-state index in [0.717, 1.165) is 17.8 Å². The second-order valence-electron chi connectivity index (χ2n) is 4.06. The van der Waals surface area contributed by atoms with Gasteiger partial charge in [-0.2, -0.15) is 5.26 Å². The van der Waals surface area contributed by atoms with Crippen LogP contribution >= 0.6 is 11.8 Å². The van der Waals surface area contributed by atoms with E-state index < -0.39 is 5.63 Å². The van der Waals surface area contributed by atoms with Crippen molar-refractivity contribution < 1.29 is 4.42 Å². The SMILES string of the molecule is CCNc1ccc(-c2cc(SC)c(C#N)c(=O)o2)cc1. The van der Waals surface area contributed by atoms with Crippen LogP contribution in [-0.2, 0) is 0 Å². The summed E-state index contributed by atoms with van der Waals surface area (Å²) in [5.74, 6) is 0.474. The Hall–Kier alpha value is -2.19. The highest BCUT2D eigenvalue weighted by molar-refractivity contribution is 7.98. The number of hydrogen-bond donors (Lipinski definition) is 1. The van der Waals surface area contributed by atoms with Gasteiger partial charge < -0.3 is 9.73 Å². The summed E-state index contributed by atoms with van der Waals surface area (Å²) >= 11 is 1.36. The summed E-state index contributed by atoms with van der Waals surface area (Å²) in [5.41, 5.74) is 1.29.